The zero-order chi connectivity index (χ0) is 11.7. The molecule has 15 heavy (non-hydrogen) atoms. The van der Waals surface area contributed by atoms with Crippen molar-refractivity contribution >= 4 is 5.97 Å². The Hall–Kier alpha value is -0.650. The second-order valence-electron chi connectivity index (χ2n) is 3.29. The molecule has 0 saturated heterocycles. The van der Waals surface area contributed by atoms with E-state index in [0.717, 1.165) is 0 Å². The van der Waals surface area contributed by atoms with Crippen molar-refractivity contribution in [3.8, 4) is 0 Å². The SMILES string of the molecule is CNC(CCOC(C)COC)C(=O)OC. The quantitative estimate of drug-likeness (QED) is 0.591. The van der Waals surface area contributed by atoms with E-state index in [-0.39, 0.29) is 18.1 Å². The van der Waals surface area contributed by atoms with E-state index in [0.29, 0.717) is 19.6 Å². The van der Waals surface area contributed by atoms with Crippen LogP contribution in [0.3, 0.4) is 0 Å². The molecular weight excluding hydrogens is 198 g/mol. The van der Waals surface area contributed by atoms with Gasteiger partial charge in [-0.15, -0.1) is 0 Å². The van der Waals surface area contributed by atoms with Crippen molar-refractivity contribution in [3.05, 3.63) is 0 Å². The Bertz CT molecular complexity index is 175. The summed E-state index contributed by atoms with van der Waals surface area (Å²) in [4.78, 5) is 11.2. The molecule has 1 N–H and O–H groups in total. The Kier molecular flexibility index (Phi) is 8.27. The highest BCUT2D eigenvalue weighted by Crippen LogP contribution is 1.98. The van der Waals surface area contributed by atoms with E-state index in [1.165, 1.54) is 7.11 Å². The first-order chi connectivity index (χ1) is 7.15. The maximum atomic E-state index is 11.2. The molecule has 0 aromatic carbocycles. The van der Waals surface area contributed by atoms with Crippen LogP contribution >= 0.6 is 0 Å². The molecule has 5 heteroatoms. The highest BCUT2D eigenvalue weighted by Gasteiger charge is 2.16. The van der Waals surface area contributed by atoms with E-state index in [2.05, 4.69) is 10.1 Å². The predicted molar refractivity (Wildman–Crippen MR) is 56.8 cm³/mol. The van der Waals surface area contributed by atoms with Crippen LogP contribution in [-0.4, -0.2) is 52.6 Å². The van der Waals surface area contributed by atoms with Crippen molar-refractivity contribution in [2.45, 2.75) is 25.5 Å². The summed E-state index contributed by atoms with van der Waals surface area (Å²) in [5.74, 6) is -0.263. The number of hydrogen-bond donors (Lipinski definition) is 1. The number of methoxy groups -OCH3 is 2. The fraction of sp³-hybridized carbons (Fsp3) is 0.900. The van der Waals surface area contributed by atoms with E-state index in [1.54, 1.807) is 14.2 Å². The lowest BCUT2D eigenvalue weighted by molar-refractivity contribution is -0.143. The zero-order valence-corrected chi connectivity index (χ0v) is 9.91. The van der Waals surface area contributed by atoms with Crippen molar-refractivity contribution in [2.75, 3.05) is 34.5 Å². The normalized spacial score (nSPS) is 14.7. The fourth-order valence-corrected chi connectivity index (χ4v) is 1.19. The molecule has 0 heterocycles. The fourth-order valence-electron chi connectivity index (χ4n) is 1.19. The number of nitrogens with one attached hydrogen (secondary N) is 1. The van der Waals surface area contributed by atoms with Gasteiger partial charge in [0.1, 0.15) is 6.04 Å². The second-order valence-corrected chi connectivity index (χ2v) is 3.29. The van der Waals surface area contributed by atoms with Gasteiger partial charge in [0.25, 0.3) is 0 Å². The summed E-state index contributed by atoms with van der Waals surface area (Å²) in [5, 5.41) is 2.87. The van der Waals surface area contributed by atoms with Gasteiger partial charge in [-0.1, -0.05) is 0 Å². The van der Waals surface area contributed by atoms with Crippen molar-refractivity contribution < 1.29 is 19.0 Å². The van der Waals surface area contributed by atoms with Gasteiger partial charge < -0.3 is 19.5 Å². The van der Waals surface area contributed by atoms with Crippen LogP contribution in [0.5, 0.6) is 0 Å². The summed E-state index contributed by atoms with van der Waals surface area (Å²) >= 11 is 0. The maximum absolute atomic E-state index is 11.2. The maximum Gasteiger partial charge on any atom is 0.322 e. The number of carbonyl (C=O) groups excluding carboxylic acids is 1. The zero-order valence-electron chi connectivity index (χ0n) is 9.91. The Morgan fingerprint density at radius 1 is 1.40 bits per heavy atom. The van der Waals surface area contributed by atoms with E-state index >= 15 is 0 Å². The van der Waals surface area contributed by atoms with Crippen LogP contribution in [0.15, 0.2) is 0 Å². The van der Waals surface area contributed by atoms with Gasteiger partial charge >= 0.3 is 5.97 Å². The van der Waals surface area contributed by atoms with Crippen LogP contribution in [0.25, 0.3) is 0 Å². The molecule has 0 aromatic heterocycles. The molecule has 0 aliphatic carbocycles. The van der Waals surface area contributed by atoms with Gasteiger partial charge in [-0.2, -0.15) is 0 Å². The van der Waals surface area contributed by atoms with Crippen molar-refractivity contribution in [2.24, 2.45) is 0 Å². The average Bonchev–Trinajstić information content (AvgIpc) is 2.24. The minimum Gasteiger partial charge on any atom is -0.468 e. The first-order valence-electron chi connectivity index (χ1n) is 5.01. The second kappa shape index (κ2) is 8.64. The minimum atomic E-state index is -0.301. The molecule has 5 nitrogen and oxygen atoms in total. The van der Waals surface area contributed by atoms with Crippen molar-refractivity contribution in [3.63, 3.8) is 0 Å². The Labute approximate surface area is 91.1 Å². The summed E-state index contributed by atoms with van der Waals surface area (Å²) in [7, 11) is 4.73. The molecule has 0 aliphatic rings. The first kappa shape index (κ1) is 14.3. The Morgan fingerprint density at radius 3 is 2.53 bits per heavy atom. The molecule has 2 atom stereocenters. The third-order valence-electron chi connectivity index (χ3n) is 2.04. The van der Waals surface area contributed by atoms with Gasteiger partial charge in [-0.25, -0.2) is 0 Å². The molecule has 0 rings (SSSR count). The van der Waals surface area contributed by atoms with Crippen LogP contribution in [0.4, 0.5) is 0 Å². The standard InChI is InChI=1S/C10H21NO4/c1-8(7-13-3)15-6-5-9(11-2)10(12)14-4/h8-9,11H,5-7H2,1-4H3. The summed E-state index contributed by atoms with van der Waals surface area (Å²) < 4.78 is 15.0. The predicted octanol–water partition coefficient (Wildman–Crippen LogP) is 0.189. The van der Waals surface area contributed by atoms with Crippen molar-refractivity contribution in [1.29, 1.82) is 0 Å². The number of rotatable bonds is 8. The third-order valence-corrected chi connectivity index (χ3v) is 2.04. The van der Waals surface area contributed by atoms with Gasteiger partial charge in [0, 0.05) is 13.7 Å². The highest BCUT2D eigenvalue weighted by atomic mass is 16.5. The molecule has 0 aromatic rings. The summed E-state index contributed by atoms with van der Waals surface area (Å²) in [6.45, 7) is 2.99. The molecule has 0 fully saturated rings. The van der Waals surface area contributed by atoms with Gasteiger partial charge in [-0.3, -0.25) is 4.79 Å². The van der Waals surface area contributed by atoms with Gasteiger partial charge in [0.05, 0.1) is 19.8 Å². The number of ether oxygens (including phenoxy) is 3. The molecule has 2 unspecified atom stereocenters. The summed E-state index contributed by atoms with van der Waals surface area (Å²) in [5.41, 5.74) is 0. The van der Waals surface area contributed by atoms with Crippen LogP contribution in [0.2, 0.25) is 0 Å². The Morgan fingerprint density at radius 2 is 2.07 bits per heavy atom. The van der Waals surface area contributed by atoms with Crippen LogP contribution in [0.1, 0.15) is 13.3 Å². The molecule has 0 bridgehead atoms. The molecule has 90 valence electrons. The Balaban J connectivity index is 3.67. The van der Waals surface area contributed by atoms with Gasteiger partial charge in [0.2, 0.25) is 0 Å². The third kappa shape index (κ3) is 6.43. The van der Waals surface area contributed by atoms with E-state index in [1.807, 2.05) is 6.92 Å². The summed E-state index contributed by atoms with van der Waals surface area (Å²) in [6, 6.07) is -0.301. The number of likely N-dealkylation sites (N-methyl/N-ethyl adjacent to an activating group) is 1. The molecule has 0 aliphatic heterocycles. The number of esters is 1. The van der Waals surface area contributed by atoms with Crippen LogP contribution < -0.4 is 5.32 Å². The van der Waals surface area contributed by atoms with Crippen molar-refractivity contribution in [1.82, 2.24) is 5.32 Å². The monoisotopic (exact) mass is 219 g/mol. The molecule has 0 saturated carbocycles. The van der Waals surface area contributed by atoms with E-state index in [4.69, 9.17) is 9.47 Å². The minimum absolute atomic E-state index is 0.0464. The topological polar surface area (TPSA) is 56.8 Å². The van der Waals surface area contributed by atoms with E-state index < -0.39 is 0 Å². The van der Waals surface area contributed by atoms with Crippen LogP contribution in [0, 0.1) is 0 Å². The van der Waals surface area contributed by atoms with Crippen LogP contribution in [-0.2, 0) is 19.0 Å². The van der Waals surface area contributed by atoms with E-state index in [9.17, 15) is 4.79 Å². The van der Waals surface area contributed by atoms with Gasteiger partial charge in [0.15, 0.2) is 0 Å². The lowest BCUT2D eigenvalue weighted by Gasteiger charge is -2.16. The lowest BCUT2D eigenvalue weighted by atomic mass is 10.2. The first-order valence-corrected chi connectivity index (χ1v) is 5.01. The molecule has 0 amide bonds. The molecule has 0 radical (unpaired) electrons. The average molecular weight is 219 g/mol. The highest BCUT2D eigenvalue weighted by molar-refractivity contribution is 5.75. The van der Waals surface area contributed by atoms with Gasteiger partial charge in [-0.05, 0) is 20.4 Å². The number of hydrogen-bond acceptors (Lipinski definition) is 5. The largest absolute Gasteiger partial charge is 0.468 e. The molecule has 0 spiro atoms. The molecular formula is C10H21NO4. The lowest BCUT2D eigenvalue weighted by Crippen LogP contribution is -2.36. The number of carbonyl (C=O) groups is 1. The summed E-state index contributed by atoms with van der Waals surface area (Å²) in [6.07, 6.45) is 0.641. The smallest absolute Gasteiger partial charge is 0.322 e.